The summed E-state index contributed by atoms with van der Waals surface area (Å²) in [6.45, 7) is 6.43. The van der Waals surface area contributed by atoms with Crippen LogP contribution in [0.1, 0.15) is 50.2 Å². The number of nitrogens with zero attached hydrogens (tertiary/aromatic N) is 5. The van der Waals surface area contributed by atoms with Crippen molar-refractivity contribution in [3.05, 3.63) is 35.4 Å². The van der Waals surface area contributed by atoms with E-state index in [9.17, 15) is 5.11 Å². The van der Waals surface area contributed by atoms with Gasteiger partial charge in [0.25, 0.3) is 6.01 Å². The Kier molecular flexibility index (Phi) is 7.06. The van der Waals surface area contributed by atoms with Gasteiger partial charge in [-0.05, 0) is 43.5 Å². The Morgan fingerprint density at radius 3 is 2.41 bits per heavy atom. The number of aromatic nitrogens is 4. The average molecular weight is 439 g/mol. The van der Waals surface area contributed by atoms with Crippen molar-refractivity contribution >= 4 is 22.9 Å². The quantitative estimate of drug-likeness (QED) is 0.375. The number of rotatable bonds is 9. The van der Waals surface area contributed by atoms with E-state index in [1.165, 1.54) is 5.56 Å². The second kappa shape index (κ2) is 10.1. The van der Waals surface area contributed by atoms with Gasteiger partial charge >= 0.3 is 0 Å². The SMILES string of the molecule is CCCCCNc1nc(N)c2nc(O)n(Cc3ccc(CN4CCC(N)CC4)cc3)c2n1. The number of imidazole rings is 1. The van der Waals surface area contributed by atoms with Gasteiger partial charge in [0, 0.05) is 19.1 Å². The number of nitrogens with one attached hydrogen (secondary N) is 1. The molecule has 0 saturated carbocycles. The van der Waals surface area contributed by atoms with Crippen molar-refractivity contribution < 1.29 is 5.11 Å². The molecule has 1 aliphatic rings. The third kappa shape index (κ3) is 5.28. The summed E-state index contributed by atoms with van der Waals surface area (Å²) in [5, 5.41) is 13.7. The second-order valence-electron chi connectivity index (χ2n) is 8.67. The number of nitrogens with two attached hydrogens (primary N) is 2. The van der Waals surface area contributed by atoms with E-state index in [0.29, 0.717) is 29.7 Å². The van der Waals surface area contributed by atoms with Gasteiger partial charge in [-0.25, -0.2) is 0 Å². The number of hydrogen-bond acceptors (Lipinski definition) is 8. The molecule has 0 unspecified atom stereocenters. The van der Waals surface area contributed by atoms with Crippen molar-refractivity contribution in [1.82, 2.24) is 24.4 Å². The van der Waals surface area contributed by atoms with Gasteiger partial charge in [0.15, 0.2) is 17.0 Å². The Morgan fingerprint density at radius 2 is 1.72 bits per heavy atom. The number of benzene rings is 1. The van der Waals surface area contributed by atoms with Crippen molar-refractivity contribution in [3.63, 3.8) is 0 Å². The maximum Gasteiger partial charge on any atom is 0.296 e. The predicted octanol–water partition coefficient (Wildman–Crippen LogP) is 2.69. The van der Waals surface area contributed by atoms with Crippen LogP contribution in [-0.4, -0.2) is 55.2 Å². The first-order valence-corrected chi connectivity index (χ1v) is 11.6. The van der Waals surface area contributed by atoms with E-state index < -0.39 is 0 Å². The largest absolute Gasteiger partial charge is 0.480 e. The Hall–Kier alpha value is -2.91. The van der Waals surface area contributed by atoms with Crippen LogP contribution in [0, 0.1) is 0 Å². The second-order valence-corrected chi connectivity index (χ2v) is 8.67. The third-order valence-electron chi connectivity index (χ3n) is 6.07. The molecule has 32 heavy (non-hydrogen) atoms. The molecule has 9 nitrogen and oxygen atoms in total. The average Bonchev–Trinajstić information content (AvgIpc) is 3.10. The van der Waals surface area contributed by atoms with Crippen LogP contribution in [0.3, 0.4) is 0 Å². The molecule has 1 aliphatic heterocycles. The molecular weight excluding hydrogens is 404 g/mol. The van der Waals surface area contributed by atoms with Crippen LogP contribution < -0.4 is 16.8 Å². The van der Waals surface area contributed by atoms with E-state index in [-0.39, 0.29) is 11.8 Å². The molecule has 2 aromatic heterocycles. The lowest BCUT2D eigenvalue weighted by Crippen LogP contribution is -2.39. The van der Waals surface area contributed by atoms with Gasteiger partial charge in [0.1, 0.15) is 0 Å². The monoisotopic (exact) mass is 438 g/mol. The number of hydrogen-bond donors (Lipinski definition) is 4. The number of piperidine rings is 1. The lowest BCUT2D eigenvalue weighted by atomic mass is 10.0. The minimum absolute atomic E-state index is 0.113. The molecule has 0 aliphatic carbocycles. The van der Waals surface area contributed by atoms with Crippen LogP contribution in [0.5, 0.6) is 6.01 Å². The van der Waals surface area contributed by atoms with Crippen molar-refractivity contribution in [2.45, 2.75) is 58.2 Å². The summed E-state index contributed by atoms with van der Waals surface area (Å²) in [5.74, 6) is 0.725. The van der Waals surface area contributed by atoms with E-state index in [4.69, 9.17) is 11.5 Å². The smallest absolute Gasteiger partial charge is 0.296 e. The van der Waals surface area contributed by atoms with E-state index in [0.717, 1.165) is 63.8 Å². The van der Waals surface area contributed by atoms with Crippen molar-refractivity contribution in [2.75, 3.05) is 30.7 Å². The van der Waals surface area contributed by atoms with E-state index in [1.54, 1.807) is 4.57 Å². The zero-order valence-electron chi connectivity index (χ0n) is 18.8. The van der Waals surface area contributed by atoms with Gasteiger partial charge in [-0.2, -0.15) is 15.0 Å². The minimum atomic E-state index is -0.113. The van der Waals surface area contributed by atoms with Crippen LogP contribution in [0.25, 0.3) is 11.2 Å². The Labute approximate surface area is 188 Å². The van der Waals surface area contributed by atoms with Gasteiger partial charge < -0.3 is 21.9 Å². The molecule has 172 valence electrons. The molecule has 9 heteroatoms. The maximum absolute atomic E-state index is 10.4. The highest BCUT2D eigenvalue weighted by Crippen LogP contribution is 2.25. The van der Waals surface area contributed by atoms with Crippen molar-refractivity contribution in [2.24, 2.45) is 5.73 Å². The van der Waals surface area contributed by atoms with Crippen molar-refractivity contribution in [1.29, 1.82) is 0 Å². The molecule has 4 rings (SSSR count). The third-order valence-corrected chi connectivity index (χ3v) is 6.07. The normalized spacial score (nSPS) is 15.4. The summed E-state index contributed by atoms with van der Waals surface area (Å²) in [4.78, 5) is 15.5. The lowest BCUT2D eigenvalue weighted by Gasteiger charge is -2.30. The number of anilines is 2. The zero-order chi connectivity index (χ0) is 22.5. The van der Waals surface area contributed by atoms with Crippen molar-refractivity contribution in [3.8, 4) is 6.01 Å². The Balaban J connectivity index is 1.47. The molecular formula is C23H34N8O. The number of nitrogen functional groups attached to an aromatic ring is 1. The fraction of sp³-hybridized carbons (Fsp3) is 0.522. The lowest BCUT2D eigenvalue weighted by molar-refractivity contribution is 0.205. The molecule has 1 aromatic carbocycles. The highest BCUT2D eigenvalue weighted by atomic mass is 16.3. The van der Waals surface area contributed by atoms with Crippen LogP contribution >= 0.6 is 0 Å². The maximum atomic E-state index is 10.4. The van der Waals surface area contributed by atoms with Crippen LogP contribution in [0.15, 0.2) is 24.3 Å². The zero-order valence-corrected chi connectivity index (χ0v) is 18.8. The molecule has 0 spiro atoms. The molecule has 0 atom stereocenters. The first kappa shape index (κ1) is 22.3. The highest BCUT2D eigenvalue weighted by molar-refractivity contribution is 5.84. The van der Waals surface area contributed by atoms with Gasteiger partial charge in [-0.1, -0.05) is 44.0 Å². The number of likely N-dealkylation sites (tertiary alicyclic amines) is 1. The number of unbranched alkanes of at least 4 members (excludes halogenated alkanes) is 2. The summed E-state index contributed by atoms with van der Waals surface area (Å²) >= 11 is 0. The molecule has 0 radical (unpaired) electrons. The highest BCUT2D eigenvalue weighted by Gasteiger charge is 2.18. The van der Waals surface area contributed by atoms with Crippen LogP contribution in [-0.2, 0) is 13.1 Å². The topological polar surface area (TPSA) is 131 Å². The summed E-state index contributed by atoms with van der Waals surface area (Å²) < 4.78 is 1.67. The summed E-state index contributed by atoms with van der Waals surface area (Å²) in [6.07, 6.45) is 5.45. The predicted molar refractivity (Wildman–Crippen MR) is 127 cm³/mol. The summed E-state index contributed by atoms with van der Waals surface area (Å²) in [7, 11) is 0. The summed E-state index contributed by atoms with van der Waals surface area (Å²) in [5.41, 5.74) is 15.4. The minimum Gasteiger partial charge on any atom is -0.480 e. The number of fused-ring (bicyclic) bond motifs is 1. The van der Waals surface area contributed by atoms with Crippen LogP contribution in [0.2, 0.25) is 0 Å². The first-order valence-electron chi connectivity index (χ1n) is 11.6. The first-order chi connectivity index (χ1) is 15.5. The van der Waals surface area contributed by atoms with Gasteiger partial charge in [-0.3, -0.25) is 9.47 Å². The number of aromatic hydroxyl groups is 1. The molecule has 3 heterocycles. The standard InChI is InChI=1S/C23H34N8O/c1-2-3-4-11-26-22-28-20(25)19-21(29-22)31(23(32)27-19)15-17-7-5-16(6-8-17)14-30-12-9-18(24)10-13-30/h5-8,18H,2-4,9-15,24H2,1H3,(H,27,32)(H3,25,26,28,29). The molecule has 1 fully saturated rings. The van der Waals surface area contributed by atoms with E-state index in [1.807, 2.05) is 0 Å². The van der Waals surface area contributed by atoms with Gasteiger partial charge in [0.05, 0.1) is 6.54 Å². The molecule has 1 saturated heterocycles. The fourth-order valence-corrected chi connectivity index (χ4v) is 4.11. The van der Waals surface area contributed by atoms with Crippen LogP contribution in [0.4, 0.5) is 11.8 Å². The molecule has 3 aromatic rings. The van der Waals surface area contributed by atoms with E-state index in [2.05, 4.69) is 56.4 Å². The Bertz CT molecular complexity index is 1020. The van der Waals surface area contributed by atoms with Gasteiger partial charge in [-0.15, -0.1) is 0 Å². The molecule has 0 bridgehead atoms. The summed E-state index contributed by atoms with van der Waals surface area (Å²) in [6, 6.07) is 8.69. The molecule has 0 amide bonds. The molecule has 6 N–H and O–H groups in total. The Morgan fingerprint density at radius 1 is 1.03 bits per heavy atom. The fourth-order valence-electron chi connectivity index (χ4n) is 4.11. The van der Waals surface area contributed by atoms with Gasteiger partial charge in [0.2, 0.25) is 5.95 Å². The van der Waals surface area contributed by atoms with E-state index >= 15 is 0 Å².